The van der Waals surface area contributed by atoms with Crippen molar-refractivity contribution < 1.29 is 4.79 Å². The van der Waals surface area contributed by atoms with E-state index in [1.165, 1.54) is 48.7 Å². The molecule has 0 saturated carbocycles. The molecule has 0 fully saturated rings. The van der Waals surface area contributed by atoms with E-state index in [9.17, 15) is 4.79 Å². The summed E-state index contributed by atoms with van der Waals surface area (Å²) >= 11 is 1.32. The molecular weight excluding hydrogens is 246 g/mol. The number of rotatable bonds is 7. The Bertz CT molecular complexity index is 93.6. The average Bonchev–Trinajstić information content (AvgIpc) is 2.01. The summed E-state index contributed by atoms with van der Waals surface area (Å²) in [5.74, 6) is 0. The Kier molecular flexibility index (Phi) is 8.96. The van der Waals surface area contributed by atoms with Crippen LogP contribution in [-0.2, 0) is 4.79 Å². The van der Waals surface area contributed by atoms with Gasteiger partial charge in [0.2, 0.25) is 0 Å². The van der Waals surface area contributed by atoms with Gasteiger partial charge in [-0.2, -0.15) is 0 Å². The Labute approximate surface area is 83.4 Å². The van der Waals surface area contributed by atoms with Gasteiger partial charge in [0.05, 0.1) is 0 Å². The Morgan fingerprint density at radius 2 is 2.09 bits per heavy atom. The van der Waals surface area contributed by atoms with Gasteiger partial charge in [-0.25, -0.2) is 0 Å². The van der Waals surface area contributed by atoms with Crippen LogP contribution in [0.2, 0.25) is 3.86 Å². The third-order valence-corrected chi connectivity index (χ3v) is 3.74. The molecule has 11 heavy (non-hydrogen) atoms. The first-order valence-corrected chi connectivity index (χ1v) is 6.40. The van der Waals surface area contributed by atoms with Gasteiger partial charge >= 0.3 is 83.4 Å². The Hall–Kier alpha value is 0.488. The first-order valence-electron chi connectivity index (χ1n) is 4.50. The molecule has 0 aromatic rings. The van der Waals surface area contributed by atoms with Crippen LogP contribution < -0.4 is 0 Å². The zero-order chi connectivity index (χ0) is 8.53. The van der Waals surface area contributed by atoms with Gasteiger partial charge in [0.25, 0.3) is 0 Å². The number of hydrogen-bond donors (Lipinski definition) is 0. The van der Waals surface area contributed by atoms with Crippen molar-refractivity contribution in [2.24, 2.45) is 0 Å². The third-order valence-electron chi connectivity index (χ3n) is 1.83. The van der Waals surface area contributed by atoms with E-state index >= 15 is 0 Å². The Balaban J connectivity index is 3.08. The number of carbonyl (C=O) groups excluding carboxylic acids is 1. The number of carbonyl (C=O) groups is 1. The SMILES string of the molecule is CCCCC[CH]([SbH2])CCC=O. The van der Waals surface area contributed by atoms with Crippen molar-refractivity contribution in [3.8, 4) is 0 Å². The minimum absolute atomic E-state index is 0.776. The molecule has 0 radical (unpaired) electrons. The molecule has 0 aliphatic rings. The normalized spacial score (nSPS) is 12.9. The van der Waals surface area contributed by atoms with Crippen LogP contribution in [-0.4, -0.2) is 29.3 Å². The summed E-state index contributed by atoms with van der Waals surface area (Å²) < 4.78 is 0.872. The molecule has 0 aliphatic carbocycles. The molecule has 0 aliphatic heterocycles. The summed E-state index contributed by atoms with van der Waals surface area (Å²) in [7, 11) is 0. The standard InChI is InChI=1S/C9H17O.Sb.2H/c1-2-3-4-5-6-7-8-9-10;;;/h6,9H,2-5,7-8H2,1H3;;;. The van der Waals surface area contributed by atoms with Crippen molar-refractivity contribution in [1.82, 2.24) is 0 Å². The second-order valence-electron chi connectivity index (χ2n) is 3.00. The van der Waals surface area contributed by atoms with Gasteiger partial charge < -0.3 is 0 Å². The van der Waals surface area contributed by atoms with E-state index in [2.05, 4.69) is 6.92 Å². The van der Waals surface area contributed by atoms with Crippen molar-refractivity contribution in [3.05, 3.63) is 0 Å². The van der Waals surface area contributed by atoms with E-state index in [4.69, 9.17) is 0 Å². The molecule has 66 valence electrons. The summed E-state index contributed by atoms with van der Waals surface area (Å²) in [6.07, 6.45) is 8.33. The summed E-state index contributed by atoms with van der Waals surface area (Å²) in [6, 6.07) is 0. The molecule has 1 unspecified atom stereocenters. The second-order valence-corrected chi connectivity index (χ2v) is 5.69. The Morgan fingerprint density at radius 1 is 1.36 bits per heavy atom. The molecule has 2 heteroatoms. The molecule has 0 spiro atoms. The van der Waals surface area contributed by atoms with E-state index in [-0.39, 0.29) is 0 Å². The quantitative estimate of drug-likeness (QED) is 0.390. The molecule has 0 saturated heterocycles. The number of unbranched alkanes of at least 4 members (excludes halogenated alkanes) is 2. The molecule has 0 aromatic heterocycles. The zero-order valence-electron chi connectivity index (χ0n) is 7.38. The first kappa shape index (κ1) is 11.5. The fourth-order valence-electron chi connectivity index (χ4n) is 1.08. The zero-order valence-corrected chi connectivity index (χ0v) is 10.7. The third kappa shape index (κ3) is 8.39. The van der Waals surface area contributed by atoms with Crippen LogP contribution in [0.25, 0.3) is 0 Å². The average molecular weight is 265 g/mol. The summed E-state index contributed by atoms with van der Waals surface area (Å²) in [6.45, 7) is 2.23. The van der Waals surface area contributed by atoms with Crippen LogP contribution in [0.1, 0.15) is 45.4 Å². The molecule has 0 aromatic carbocycles. The Morgan fingerprint density at radius 3 is 2.64 bits per heavy atom. The maximum atomic E-state index is 10.1. The molecule has 1 nitrogen and oxygen atoms in total. The van der Waals surface area contributed by atoms with Crippen molar-refractivity contribution >= 4 is 29.3 Å². The molecule has 0 heterocycles. The van der Waals surface area contributed by atoms with Gasteiger partial charge in [-0.15, -0.1) is 0 Å². The van der Waals surface area contributed by atoms with Gasteiger partial charge in [-0.1, -0.05) is 0 Å². The van der Waals surface area contributed by atoms with E-state index in [0.717, 1.165) is 23.0 Å². The van der Waals surface area contributed by atoms with Gasteiger partial charge in [0.15, 0.2) is 0 Å². The van der Waals surface area contributed by atoms with Gasteiger partial charge in [-0.3, -0.25) is 0 Å². The van der Waals surface area contributed by atoms with Crippen LogP contribution in [0.4, 0.5) is 0 Å². The van der Waals surface area contributed by atoms with Gasteiger partial charge in [0, 0.05) is 0 Å². The van der Waals surface area contributed by atoms with E-state index in [1.54, 1.807) is 0 Å². The summed E-state index contributed by atoms with van der Waals surface area (Å²) in [5.41, 5.74) is 0. The summed E-state index contributed by atoms with van der Waals surface area (Å²) in [5, 5.41) is 0. The predicted octanol–water partition coefficient (Wildman–Crippen LogP) is 1.97. The topological polar surface area (TPSA) is 17.1 Å². The minimum atomic E-state index is 0.776. The van der Waals surface area contributed by atoms with Crippen molar-refractivity contribution in [2.45, 2.75) is 49.3 Å². The van der Waals surface area contributed by atoms with Crippen LogP contribution in [0.3, 0.4) is 0 Å². The number of aldehydes is 1. The predicted molar refractivity (Wildman–Crippen MR) is 51.7 cm³/mol. The fourth-order valence-corrected chi connectivity index (χ4v) is 2.30. The van der Waals surface area contributed by atoms with Crippen LogP contribution >= 0.6 is 0 Å². The maximum absolute atomic E-state index is 10.1. The van der Waals surface area contributed by atoms with Crippen molar-refractivity contribution in [2.75, 3.05) is 0 Å². The monoisotopic (exact) mass is 264 g/mol. The molecule has 0 N–H and O–H groups in total. The molecule has 0 amide bonds. The fraction of sp³-hybridized carbons (Fsp3) is 0.889. The van der Waals surface area contributed by atoms with Gasteiger partial charge in [-0.05, 0) is 0 Å². The van der Waals surface area contributed by atoms with Crippen LogP contribution in [0, 0.1) is 0 Å². The first-order chi connectivity index (χ1) is 5.31. The van der Waals surface area contributed by atoms with Crippen LogP contribution in [0.15, 0.2) is 0 Å². The molecule has 1 atom stereocenters. The molecular formula is C9H19OSb. The summed E-state index contributed by atoms with van der Waals surface area (Å²) in [4.78, 5) is 10.1. The van der Waals surface area contributed by atoms with Crippen molar-refractivity contribution in [3.63, 3.8) is 0 Å². The van der Waals surface area contributed by atoms with E-state index in [1.807, 2.05) is 0 Å². The number of hydrogen-bond acceptors (Lipinski definition) is 1. The second kappa shape index (κ2) is 8.58. The van der Waals surface area contributed by atoms with Crippen molar-refractivity contribution in [1.29, 1.82) is 0 Å². The van der Waals surface area contributed by atoms with Gasteiger partial charge in [0.1, 0.15) is 0 Å². The van der Waals surface area contributed by atoms with Crippen LogP contribution in [0.5, 0.6) is 0 Å². The van der Waals surface area contributed by atoms with E-state index in [0.29, 0.717) is 0 Å². The molecule has 0 bridgehead atoms. The van der Waals surface area contributed by atoms with E-state index < -0.39 is 0 Å². The molecule has 0 rings (SSSR count).